The van der Waals surface area contributed by atoms with E-state index in [9.17, 15) is 5.11 Å². The monoisotopic (exact) mass is 227 g/mol. The molecule has 0 spiro atoms. The first-order chi connectivity index (χ1) is 7.72. The van der Waals surface area contributed by atoms with Crippen molar-refractivity contribution >= 4 is 0 Å². The zero-order valence-corrected chi connectivity index (χ0v) is 10.6. The molecule has 2 bridgehead atoms. The van der Waals surface area contributed by atoms with E-state index in [4.69, 9.17) is 4.74 Å². The minimum Gasteiger partial charge on any atom is -0.390 e. The van der Waals surface area contributed by atoms with E-state index in [1.165, 1.54) is 12.8 Å². The van der Waals surface area contributed by atoms with Crippen LogP contribution in [0.15, 0.2) is 0 Å². The van der Waals surface area contributed by atoms with Gasteiger partial charge in [-0.1, -0.05) is 6.92 Å². The summed E-state index contributed by atoms with van der Waals surface area (Å²) in [7, 11) is 2.23. The van der Waals surface area contributed by atoms with Crippen LogP contribution in [0.25, 0.3) is 0 Å². The van der Waals surface area contributed by atoms with Crippen LogP contribution in [0.1, 0.15) is 39.0 Å². The fourth-order valence-corrected chi connectivity index (χ4v) is 3.25. The molecule has 3 heteroatoms. The van der Waals surface area contributed by atoms with Crippen LogP contribution in [-0.4, -0.2) is 48.5 Å². The predicted molar refractivity (Wildman–Crippen MR) is 64.4 cm³/mol. The first-order valence-electron chi connectivity index (χ1n) is 6.70. The molecular formula is C13H25NO2. The lowest BCUT2D eigenvalue weighted by atomic mass is 9.87. The van der Waals surface area contributed by atoms with Crippen LogP contribution in [0, 0.1) is 5.92 Å². The van der Waals surface area contributed by atoms with Gasteiger partial charge in [-0.05, 0) is 45.1 Å². The van der Waals surface area contributed by atoms with Crippen molar-refractivity contribution < 1.29 is 9.84 Å². The number of ether oxygens (including phenoxy) is 1. The molecule has 2 saturated heterocycles. The van der Waals surface area contributed by atoms with E-state index in [1.807, 2.05) is 0 Å². The normalized spacial score (nSPS) is 36.6. The Balaban J connectivity index is 1.78. The molecule has 1 N–H and O–H groups in total. The summed E-state index contributed by atoms with van der Waals surface area (Å²) < 4.78 is 5.45. The molecule has 16 heavy (non-hydrogen) atoms. The van der Waals surface area contributed by atoms with Crippen LogP contribution in [0.4, 0.5) is 0 Å². The highest BCUT2D eigenvalue weighted by molar-refractivity contribution is 4.95. The summed E-state index contributed by atoms with van der Waals surface area (Å²) in [4.78, 5) is 2.51. The zero-order chi connectivity index (χ0) is 11.5. The summed E-state index contributed by atoms with van der Waals surface area (Å²) >= 11 is 0. The van der Waals surface area contributed by atoms with Gasteiger partial charge >= 0.3 is 0 Å². The van der Waals surface area contributed by atoms with Crippen molar-refractivity contribution in [3.8, 4) is 0 Å². The Hall–Kier alpha value is -0.120. The first-order valence-corrected chi connectivity index (χ1v) is 6.70. The van der Waals surface area contributed by atoms with E-state index < -0.39 is 0 Å². The number of nitrogens with zero attached hydrogens (tertiary/aromatic N) is 1. The minimum atomic E-state index is -0.247. The van der Waals surface area contributed by atoms with Crippen LogP contribution < -0.4 is 0 Å². The lowest BCUT2D eigenvalue weighted by molar-refractivity contribution is -0.0229. The average molecular weight is 227 g/mol. The van der Waals surface area contributed by atoms with Gasteiger partial charge in [0.2, 0.25) is 0 Å². The topological polar surface area (TPSA) is 32.7 Å². The van der Waals surface area contributed by atoms with Gasteiger partial charge < -0.3 is 14.7 Å². The first kappa shape index (κ1) is 12.3. The molecule has 0 aromatic heterocycles. The highest BCUT2D eigenvalue weighted by atomic mass is 16.5. The van der Waals surface area contributed by atoms with Crippen molar-refractivity contribution in [2.24, 2.45) is 5.92 Å². The van der Waals surface area contributed by atoms with Gasteiger partial charge in [0.25, 0.3) is 0 Å². The summed E-state index contributed by atoms with van der Waals surface area (Å²) in [6, 6.07) is 1.43. The Kier molecular flexibility index (Phi) is 4.22. The molecule has 0 saturated carbocycles. The molecule has 2 fully saturated rings. The summed E-state index contributed by atoms with van der Waals surface area (Å²) in [5.41, 5.74) is 0. The second-order valence-corrected chi connectivity index (χ2v) is 5.42. The molecule has 2 aliphatic heterocycles. The molecule has 2 rings (SSSR count). The van der Waals surface area contributed by atoms with Gasteiger partial charge in [0.1, 0.15) is 0 Å². The lowest BCUT2D eigenvalue weighted by Crippen LogP contribution is -2.44. The molecule has 2 aliphatic rings. The number of hydrogen-bond donors (Lipinski definition) is 1. The summed E-state index contributed by atoms with van der Waals surface area (Å²) in [5, 5.41) is 10.1. The van der Waals surface area contributed by atoms with E-state index in [-0.39, 0.29) is 6.10 Å². The van der Waals surface area contributed by atoms with Crippen LogP contribution in [0.3, 0.4) is 0 Å². The quantitative estimate of drug-likeness (QED) is 0.725. The molecule has 0 radical (unpaired) electrons. The number of hydrogen-bond acceptors (Lipinski definition) is 3. The van der Waals surface area contributed by atoms with Crippen molar-refractivity contribution in [2.45, 2.75) is 57.2 Å². The smallest absolute Gasteiger partial charge is 0.0802 e. The largest absolute Gasteiger partial charge is 0.390 e. The molecule has 0 amide bonds. The van der Waals surface area contributed by atoms with E-state index in [1.54, 1.807) is 0 Å². The van der Waals surface area contributed by atoms with Gasteiger partial charge in [-0.2, -0.15) is 0 Å². The third-order valence-corrected chi connectivity index (χ3v) is 4.32. The van der Waals surface area contributed by atoms with Crippen molar-refractivity contribution in [1.82, 2.24) is 4.90 Å². The van der Waals surface area contributed by atoms with Crippen molar-refractivity contribution in [3.63, 3.8) is 0 Å². The Morgan fingerprint density at radius 1 is 1.31 bits per heavy atom. The molecule has 0 aromatic rings. The Morgan fingerprint density at radius 3 is 2.50 bits per heavy atom. The predicted octanol–water partition coefficient (Wildman–Crippen LogP) is 1.65. The molecular weight excluding hydrogens is 202 g/mol. The van der Waals surface area contributed by atoms with Gasteiger partial charge in [-0.3, -0.25) is 0 Å². The number of rotatable bonds is 5. The van der Waals surface area contributed by atoms with E-state index in [2.05, 4.69) is 18.9 Å². The highest BCUT2D eigenvalue weighted by Crippen LogP contribution is 2.38. The SMILES string of the molecule is CCCOCC(O)C1CC2CCC(C1)N2C. The fourth-order valence-electron chi connectivity index (χ4n) is 3.25. The maximum absolute atomic E-state index is 10.1. The maximum Gasteiger partial charge on any atom is 0.0802 e. The second kappa shape index (κ2) is 5.48. The molecule has 94 valence electrons. The number of aliphatic hydroxyl groups excluding tert-OH is 1. The lowest BCUT2D eigenvalue weighted by Gasteiger charge is -2.38. The molecule has 3 atom stereocenters. The van der Waals surface area contributed by atoms with E-state index in [0.29, 0.717) is 24.6 Å². The van der Waals surface area contributed by atoms with Crippen molar-refractivity contribution in [1.29, 1.82) is 0 Å². The summed E-state index contributed by atoms with van der Waals surface area (Å²) in [6.45, 7) is 3.40. The number of fused-ring (bicyclic) bond motifs is 2. The standard InChI is InChI=1S/C13H25NO2/c1-3-6-16-9-13(15)10-7-11-4-5-12(8-10)14(11)2/h10-13,15H,3-9H2,1-2H3. The molecule has 3 nitrogen and oxygen atoms in total. The third kappa shape index (κ3) is 2.58. The molecule has 0 aromatic carbocycles. The van der Waals surface area contributed by atoms with Crippen LogP contribution >= 0.6 is 0 Å². The van der Waals surface area contributed by atoms with Gasteiger partial charge in [0.15, 0.2) is 0 Å². The second-order valence-electron chi connectivity index (χ2n) is 5.42. The van der Waals surface area contributed by atoms with Gasteiger partial charge in [-0.15, -0.1) is 0 Å². The highest BCUT2D eigenvalue weighted by Gasteiger charge is 2.40. The van der Waals surface area contributed by atoms with Gasteiger partial charge in [0, 0.05) is 18.7 Å². The van der Waals surface area contributed by atoms with Crippen molar-refractivity contribution in [3.05, 3.63) is 0 Å². The van der Waals surface area contributed by atoms with Gasteiger partial charge in [0.05, 0.1) is 12.7 Å². The van der Waals surface area contributed by atoms with Crippen LogP contribution in [-0.2, 0) is 4.74 Å². The van der Waals surface area contributed by atoms with E-state index in [0.717, 1.165) is 25.9 Å². The maximum atomic E-state index is 10.1. The van der Waals surface area contributed by atoms with Crippen molar-refractivity contribution in [2.75, 3.05) is 20.3 Å². The zero-order valence-electron chi connectivity index (χ0n) is 10.6. The summed E-state index contributed by atoms with van der Waals surface area (Å²) in [6.07, 6.45) is 5.74. The Morgan fingerprint density at radius 2 is 1.94 bits per heavy atom. The molecule has 3 unspecified atom stereocenters. The Labute approximate surface area is 98.8 Å². The average Bonchev–Trinajstić information content (AvgIpc) is 2.53. The van der Waals surface area contributed by atoms with Gasteiger partial charge in [-0.25, -0.2) is 0 Å². The number of piperidine rings is 1. The fraction of sp³-hybridized carbons (Fsp3) is 1.00. The number of aliphatic hydroxyl groups is 1. The van der Waals surface area contributed by atoms with Crippen LogP contribution in [0.5, 0.6) is 0 Å². The minimum absolute atomic E-state index is 0.247. The third-order valence-electron chi connectivity index (χ3n) is 4.32. The molecule has 0 aliphatic carbocycles. The summed E-state index contributed by atoms with van der Waals surface area (Å²) in [5.74, 6) is 0.463. The Bertz CT molecular complexity index is 208. The van der Waals surface area contributed by atoms with E-state index >= 15 is 0 Å². The molecule has 2 heterocycles. The van der Waals surface area contributed by atoms with Crippen LogP contribution in [0.2, 0.25) is 0 Å².